The van der Waals surface area contributed by atoms with E-state index in [0.717, 1.165) is 5.56 Å². The number of carbonyl (C=O) groups is 1. The molecule has 0 aliphatic heterocycles. The van der Waals surface area contributed by atoms with Gasteiger partial charge >= 0.3 is 5.97 Å². The minimum atomic E-state index is -0.388. The summed E-state index contributed by atoms with van der Waals surface area (Å²) in [5, 5.41) is 4.01. The maximum Gasteiger partial charge on any atom is 0.337 e. The van der Waals surface area contributed by atoms with E-state index < -0.39 is 0 Å². The molecule has 0 N–H and O–H groups in total. The second kappa shape index (κ2) is 5.19. The first-order chi connectivity index (χ1) is 7.17. The quantitative estimate of drug-likeness (QED) is 0.416. The first-order valence-electron chi connectivity index (χ1n) is 4.45. The van der Waals surface area contributed by atoms with Gasteiger partial charge in [-0.3, -0.25) is 4.68 Å². The normalized spacial score (nSPS) is 11.3. The summed E-state index contributed by atoms with van der Waals surface area (Å²) >= 11 is 0. The van der Waals surface area contributed by atoms with Crippen molar-refractivity contribution in [1.29, 1.82) is 0 Å². The van der Waals surface area contributed by atoms with Gasteiger partial charge in [-0.25, -0.2) is 4.79 Å². The lowest BCUT2D eigenvalue weighted by atomic mass is 10.1. The van der Waals surface area contributed by atoms with Crippen LogP contribution in [0.2, 0.25) is 0 Å². The van der Waals surface area contributed by atoms with Crippen molar-refractivity contribution < 1.29 is 14.3 Å². The van der Waals surface area contributed by atoms with Crippen molar-refractivity contribution in [1.82, 2.24) is 9.78 Å². The summed E-state index contributed by atoms with van der Waals surface area (Å²) < 4.78 is 11.1. The smallest absolute Gasteiger partial charge is 0.337 e. The number of nitrogens with zero attached hydrogens (tertiary/aromatic N) is 2. The van der Waals surface area contributed by atoms with Gasteiger partial charge < -0.3 is 9.47 Å². The molecule has 82 valence electrons. The summed E-state index contributed by atoms with van der Waals surface area (Å²) in [5.41, 5.74) is 1.40. The number of carbonyl (C=O) groups excluding carboxylic acids is 1. The van der Waals surface area contributed by atoms with Crippen molar-refractivity contribution in [2.75, 3.05) is 14.2 Å². The Kier molecular flexibility index (Phi) is 3.91. The van der Waals surface area contributed by atoms with Crippen LogP contribution in [0.1, 0.15) is 5.56 Å². The largest absolute Gasteiger partial charge is 0.504 e. The summed E-state index contributed by atoms with van der Waals surface area (Å²) in [6.45, 7) is 0. The molecule has 0 saturated carbocycles. The highest BCUT2D eigenvalue weighted by Crippen LogP contribution is 2.08. The van der Waals surface area contributed by atoms with Crippen LogP contribution in [0.25, 0.3) is 0 Å². The number of aryl methyl sites for hydroxylation is 1. The van der Waals surface area contributed by atoms with Crippen molar-refractivity contribution in [3.8, 4) is 0 Å². The fraction of sp³-hybridized carbons (Fsp3) is 0.400. The van der Waals surface area contributed by atoms with Crippen LogP contribution < -0.4 is 0 Å². The molecule has 5 heteroatoms. The summed E-state index contributed by atoms with van der Waals surface area (Å²) in [7, 11) is 4.66. The summed E-state index contributed by atoms with van der Waals surface area (Å²) in [5.74, 6) is -0.388. The Balaban J connectivity index is 2.76. The molecule has 0 unspecified atom stereocenters. The van der Waals surface area contributed by atoms with Gasteiger partial charge in [-0.1, -0.05) is 0 Å². The first-order valence-corrected chi connectivity index (χ1v) is 4.45. The Hall–Kier alpha value is -1.78. The summed E-state index contributed by atoms with van der Waals surface area (Å²) in [4.78, 5) is 11.3. The molecule has 0 aliphatic rings. The topological polar surface area (TPSA) is 53.4 Å². The number of rotatable bonds is 4. The molecule has 0 spiro atoms. The van der Waals surface area contributed by atoms with Crippen LogP contribution in [-0.2, 0) is 27.7 Å². The highest BCUT2D eigenvalue weighted by atomic mass is 16.5. The minimum Gasteiger partial charge on any atom is -0.504 e. The molecule has 1 heterocycles. The van der Waals surface area contributed by atoms with E-state index in [1.165, 1.54) is 20.5 Å². The van der Waals surface area contributed by atoms with Gasteiger partial charge in [-0.05, 0) is 5.56 Å². The minimum absolute atomic E-state index is 0.388. The van der Waals surface area contributed by atoms with Crippen LogP contribution in [-0.4, -0.2) is 30.0 Å². The van der Waals surface area contributed by atoms with E-state index in [4.69, 9.17) is 4.74 Å². The average Bonchev–Trinajstić information content (AvgIpc) is 2.62. The predicted octanol–water partition coefficient (Wildman–Crippen LogP) is 0.666. The average molecular weight is 210 g/mol. The maximum atomic E-state index is 11.3. The Morgan fingerprint density at radius 2 is 2.33 bits per heavy atom. The van der Waals surface area contributed by atoms with Gasteiger partial charge in [0, 0.05) is 19.7 Å². The molecule has 5 nitrogen and oxygen atoms in total. The SMILES string of the molecule is CO/C=C(/Cc1cnn(C)c1)C(=O)OC. The molecule has 0 bridgehead atoms. The highest BCUT2D eigenvalue weighted by molar-refractivity contribution is 5.88. The van der Waals surface area contributed by atoms with Crippen LogP contribution in [0.15, 0.2) is 24.2 Å². The zero-order chi connectivity index (χ0) is 11.3. The van der Waals surface area contributed by atoms with Gasteiger partial charge in [0.15, 0.2) is 0 Å². The third-order valence-corrected chi connectivity index (χ3v) is 1.86. The van der Waals surface area contributed by atoms with Crippen molar-refractivity contribution in [3.05, 3.63) is 29.8 Å². The highest BCUT2D eigenvalue weighted by Gasteiger charge is 2.11. The molecular formula is C10H14N2O3. The maximum absolute atomic E-state index is 11.3. The molecule has 0 aliphatic carbocycles. The molecule has 1 rings (SSSR count). The lowest BCUT2D eigenvalue weighted by molar-refractivity contribution is -0.136. The van der Waals surface area contributed by atoms with Crippen molar-refractivity contribution in [3.63, 3.8) is 0 Å². The van der Waals surface area contributed by atoms with Crippen LogP contribution >= 0.6 is 0 Å². The van der Waals surface area contributed by atoms with Crippen LogP contribution in [0.3, 0.4) is 0 Å². The van der Waals surface area contributed by atoms with Gasteiger partial charge in [0.25, 0.3) is 0 Å². The summed E-state index contributed by atoms with van der Waals surface area (Å²) in [6, 6.07) is 0. The monoisotopic (exact) mass is 210 g/mol. The zero-order valence-corrected chi connectivity index (χ0v) is 9.06. The molecule has 0 fully saturated rings. The summed E-state index contributed by atoms with van der Waals surface area (Å²) in [6.07, 6.45) is 5.38. The number of hydrogen-bond donors (Lipinski definition) is 0. The van der Waals surface area contributed by atoms with Crippen LogP contribution in [0, 0.1) is 0 Å². The molecular weight excluding hydrogens is 196 g/mol. The fourth-order valence-electron chi connectivity index (χ4n) is 1.22. The van der Waals surface area contributed by atoms with Crippen molar-refractivity contribution in [2.45, 2.75) is 6.42 Å². The molecule has 15 heavy (non-hydrogen) atoms. The molecule has 0 amide bonds. The number of esters is 1. The van der Waals surface area contributed by atoms with Gasteiger partial charge in [-0.15, -0.1) is 0 Å². The number of methoxy groups -OCH3 is 2. The molecule has 1 aromatic rings. The fourth-order valence-corrected chi connectivity index (χ4v) is 1.22. The standard InChI is InChI=1S/C10H14N2O3/c1-12-6-8(5-11-12)4-9(7-14-2)10(13)15-3/h5-7H,4H2,1-3H3/b9-7-. The number of ether oxygens (including phenoxy) is 2. The van der Waals surface area contributed by atoms with Crippen LogP contribution in [0.5, 0.6) is 0 Å². The lowest BCUT2D eigenvalue weighted by Crippen LogP contribution is -2.07. The molecule has 0 atom stereocenters. The van der Waals surface area contributed by atoms with Gasteiger partial charge in [-0.2, -0.15) is 5.10 Å². The lowest BCUT2D eigenvalue weighted by Gasteiger charge is -2.02. The third kappa shape index (κ3) is 3.12. The van der Waals surface area contributed by atoms with Crippen molar-refractivity contribution >= 4 is 5.97 Å². The number of aromatic nitrogens is 2. The van der Waals surface area contributed by atoms with E-state index in [1.807, 2.05) is 13.2 Å². The van der Waals surface area contributed by atoms with Crippen molar-refractivity contribution in [2.24, 2.45) is 7.05 Å². The second-order valence-corrected chi connectivity index (χ2v) is 3.07. The Morgan fingerprint density at radius 3 is 2.80 bits per heavy atom. The van der Waals surface area contributed by atoms with Gasteiger partial charge in [0.05, 0.1) is 32.3 Å². The van der Waals surface area contributed by atoms with Crippen LogP contribution in [0.4, 0.5) is 0 Å². The third-order valence-electron chi connectivity index (χ3n) is 1.86. The number of hydrogen-bond acceptors (Lipinski definition) is 4. The predicted molar refractivity (Wildman–Crippen MR) is 54.0 cm³/mol. The van der Waals surface area contributed by atoms with Gasteiger partial charge in [0.1, 0.15) is 0 Å². The van der Waals surface area contributed by atoms with E-state index >= 15 is 0 Å². The zero-order valence-electron chi connectivity index (χ0n) is 9.06. The second-order valence-electron chi connectivity index (χ2n) is 3.07. The van der Waals surface area contributed by atoms with E-state index in [9.17, 15) is 4.79 Å². The Morgan fingerprint density at radius 1 is 1.60 bits per heavy atom. The van der Waals surface area contributed by atoms with Gasteiger partial charge in [0.2, 0.25) is 0 Å². The molecule has 0 aromatic carbocycles. The Bertz CT molecular complexity index is 368. The molecule has 1 aromatic heterocycles. The van der Waals surface area contributed by atoms with E-state index in [1.54, 1.807) is 10.9 Å². The van der Waals surface area contributed by atoms with E-state index in [-0.39, 0.29) is 5.97 Å². The van der Waals surface area contributed by atoms with E-state index in [2.05, 4.69) is 9.84 Å². The Labute approximate surface area is 88.3 Å². The first kappa shape index (κ1) is 11.3. The molecule has 0 radical (unpaired) electrons. The molecule has 0 saturated heterocycles. The van der Waals surface area contributed by atoms with E-state index in [0.29, 0.717) is 12.0 Å².